The second kappa shape index (κ2) is 6.75. The van der Waals surface area contributed by atoms with Crippen LogP contribution in [0.1, 0.15) is 16.8 Å². The summed E-state index contributed by atoms with van der Waals surface area (Å²) in [5, 5.41) is 1.55. The fourth-order valence-corrected chi connectivity index (χ4v) is 6.08. The predicted molar refractivity (Wildman–Crippen MR) is 113 cm³/mol. The van der Waals surface area contributed by atoms with Crippen molar-refractivity contribution in [2.75, 3.05) is 0 Å². The Bertz CT molecular complexity index is 1130. The molecular formula is C23H21N2OP. The first kappa shape index (κ1) is 17.6. The number of hydrogen-bond acceptors (Lipinski definition) is 3. The lowest BCUT2D eigenvalue weighted by molar-refractivity contribution is 0.592. The van der Waals surface area contributed by atoms with Gasteiger partial charge in [-0.05, 0) is 44.0 Å². The lowest BCUT2D eigenvalue weighted by Gasteiger charge is -2.21. The van der Waals surface area contributed by atoms with Gasteiger partial charge in [0.1, 0.15) is 5.44 Å². The molecule has 4 rings (SSSR count). The lowest BCUT2D eigenvalue weighted by Crippen LogP contribution is -2.29. The van der Waals surface area contributed by atoms with E-state index in [0.29, 0.717) is 11.1 Å². The molecule has 0 amide bonds. The van der Waals surface area contributed by atoms with E-state index in [2.05, 4.69) is 13.8 Å². The van der Waals surface area contributed by atoms with E-state index in [-0.39, 0.29) is 0 Å². The van der Waals surface area contributed by atoms with Crippen LogP contribution in [0.4, 0.5) is 0 Å². The van der Waals surface area contributed by atoms with Gasteiger partial charge >= 0.3 is 0 Å². The van der Waals surface area contributed by atoms with Gasteiger partial charge in [0.15, 0.2) is 7.14 Å². The second-order valence-corrected chi connectivity index (χ2v) is 9.51. The van der Waals surface area contributed by atoms with E-state index in [1.165, 1.54) is 5.56 Å². The summed E-state index contributed by atoms with van der Waals surface area (Å²) < 4.78 is 14.5. The van der Waals surface area contributed by atoms with E-state index >= 15 is 0 Å². The van der Waals surface area contributed by atoms with Gasteiger partial charge in [-0.25, -0.2) is 9.97 Å². The van der Waals surface area contributed by atoms with E-state index in [1.54, 1.807) is 0 Å². The smallest absolute Gasteiger partial charge is 0.190 e. The Balaban J connectivity index is 2.06. The van der Waals surface area contributed by atoms with Crippen LogP contribution in [0.3, 0.4) is 0 Å². The predicted octanol–water partition coefficient (Wildman–Crippen LogP) is 4.19. The maximum Gasteiger partial charge on any atom is 0.190 e. The highest BCUT2D eigenvalue weighted by Crippen LogP contribution is 2.42. The fraction of sp³-hybridized carbons (Fsp3) is 0.130. The minimum absolute atomic E-state index is 0.565. The van der Waals surface area contributed by atoms with Gasteiger partial charge < -0.3 is 4.57 Å². The van der Waals surface area contributed by atoms with Crippen molar-refractivity contribution < 1.29 is 4.57 Å². The molecule has 0 aliphatic rings. The molecule has 1 aromatic heterocycles. The summed E-state index contributed by atoms with van der Waals surface area (Å²) >= 11 is 0. The average Bonchev–Trinajstić information content (AvgIpc) is 2.70. The molecule has 0 aliphatic heterocycles. The van der Waals surface area contributed by atoms with Crippen molar-refractivity contribution in [3.05, 3.63) is 89.6 Å². The molecule has 3 nitrogen and oxygen atoms in total. The van der Waals surface area contributed by atoms with Crippen LogP contribution < -0.4 is 16.0 Å². The SMILES string of the molecule is Cc1cc2nc(C)c(P(=O)(c3ccccc3)c3ccccc3)nc2cc1C. The van der Waals surface area contributed by atoms with Crippen molar-refractivity contribution in [3.8, 4) is 0 Å². The van der Waals surface area contributed by atoms with Gasteiger partial charge in [-0.1, -0.05) is 60.7 Å². The third-order valence-electron chi connectivity index (χ3n) is 4.97. The van der Waals surface area contributed by atoms with Crippen molar-refractivity contribution >= 4 is 34.2 Å². The van der Waals surface area contributed by atoms with Gasteiger partial charge in [0.05, 0.1) is 16.7 Å². The van der Waals surface area contributed by atoms with Crippen LogP contribution in [-0.4, -0.2) is 9.97 Å². The highest BCUT2D eigenvalue weighted by Gasteiger charge is 2.33. The topological polar surface area (TPSA) is 42.9 Å². The number of nitrogens with zero attached hydrogens (tertiary/aromatic N) is 2. The highest BCUT2D eigenvalue weighted by atomic mass is 31.2. The monoisotopic (exact) mass is 372 g/mol. The molecule has 0 radical (unpaired) electrons. The Morgan fingerprint density at radius 2 is 1.11 bits per heavy atom. The van der Waals surface area contributed by atoms with E-state index in [4.69, 9.17) is 9.97 Å². The van der Waals surface area contributed by atoms with E-state index in [0.717, 1.165) is 27.2 Å². The van der Waals surface area contributed by atoms with Crippen LogP contribution in [0.5, 0.6) is 0 Å². The Kier molecular flexibility index (Phi) is 4.41. The van der Waals surface area contributed by atoms with E-state index in [9.17, 15) is 4.57 Å². The molecule has 0 aliphatic carbocycles. The van der Waals surface area contributed by atoms with Crippen LogP contribution >= 0.6 is 7.14 Å². The fourth-order valence-electron chi connectivity index (χ4n) is 3.36. The normalized spacial score (nSPS) is 11.7. The molecule has 1 heterocycles. The first-order chi connectivity index (χ1) is 13.0. The molecular weight excluding hydrogens is 351 g/mol. The molecule has 27 heavy (non-hydrogen) atoms. The molecule has 0 atom stereocenters. The Morgan fingerprint density at radius 3 is 1.59 bits per heavy atom. The summed E-state index contributed by atoms with van der Waals surface area (Å²) in [5.41, 5.74) is 5.23. The number of hydrogen-bond donors (Lipinski definition) is 0. The zero-order valence-electron chi connectivity index (χ0n) is 15.7. The van der Waals surface area contributed by atoms with Crippen molar-refractivity contribution in [1.82, 2.24) is 9.97 Å². The van der Waals surface area contributed by atoms with Crippen LogP contribution in [0.2, 0.25) is 0 Å². The quantitative estimate of drug-likeness (QED) is 0.507. The number of fused-ring (bicyclic) bond motifs is 1. The molecule has 0 fully saturated rings. The minimum atomic E-state index is -3.12. The standard InChI is InChI=1S/C23H21N2OP/c1-16-14-21-22(15-17(16)2)25-23(18(3)24-21)27(26,19-10-6-4-7-11-19)20-12-8-5-9-13-20/h4-15H,1-3H3. The summed E-state index contributed by atoms with van der Waals surface area (Å²) in [6.07, 6.45) is 0. The van der Waals surface area contributed by atoms with Crippen molar-refractivity contribution in [3.63, 3.8) is 0 Å². The lowest BCUT2D eigenvalue weighted by atomic mass is 10.1. The Hall–Kier alpha value is -2.77. The first-order valence-electron chi connectivity index (χ1n) is 8.97. The summed E-state index contributed by atoms with van der Waals surface area (Å²) in [5.74, 6) is 0. The summed E-state index contributed by atoms with van der Waals surface area (Å²) in [6, 6.07) is 23.3. The molecule has 0 saturated carbocycles. The molecule has 0 spiro atoms. The first-order valence-corrected chi connectivity index (χ1v) is 10.7. The second-order valence-electron chi connectivity index (χ2n) is 6.84. The van der Waals surface area contributed by atoms with Gasteiger partial charge in [0, 0.05) is 10.6 Å². The third kappa shape index (κ3) is 2.98. The molecule has 4 heteroatoms. The summed E-state index contributed by atoms with van der Waals surface area (Å²) in [6.45, 7) is 6.03. The number of aromatic nitrogens is 2. The third-order valence-corrected chi connectivity index (χ3v) is 8.04. The Labute approximate surface area is 159 Å². The molecule has 0 bridgehead atoms. The molecule has 134 valence electrons. The van der Waals surface area contributed by atoms with Gasteiger partial charge in [-0.3, -0.25) is 0 Å². The van der Waals surface area contributed by atoms with Crippen molar-refractivity contribution in [2.45, 2.75) is 20.8 Å². The number of benzene rings is 3. The molecule has 4 aromatic rings. The van der Waals surface area contributed by atoms with Gasteiger partial charge in [-0.2, -0.15) is 0 Å². The largest absolute Gasteiger partial charge is 0.307 e. The maximum absolute atomic E-state index is 14.5. The van der Waals surface area contributed by atoms with Crippen molar-refractivity contribution in [1.29, 1.82) is 0 Å². The van der Waals surface area contributed by atoms with Gasteiger partial charge in [-0.15, -0.1) is 0 Å². The van der Waals surface area contributed by atoms with E-state index in [1.807, 2.05) is 79.7 Å². The number of rotatable bonds is 3. The van der Waals surface area contributed by atoms with Gasteiger partial charge in [0.25, 0.3) is 0 Å². The zero-order valence-corrected chi connectivity index (χ0v) is 16.6. The van der Waals surface area contributed by atoms with Crippen LogP contribution in [0.25, 0.3) is 11.0 Å². The summed E-state index contributed by atoms with van der Waals surface area (Å²) in [4.78, 5) is 9.64. The Morgan fingerprint density at radius 1 is 0.667 bits per heavy atom. The minimum Gasteiger partial charge on any atom is -0.307 e. The molecule has 3 aromatic carbocycles. The summed E-state index contributed by atoms with van der Waals surface area (Å²) in [7, 11) is -3.12. The van der Waals surface area contributed by atoms with Gasteiger partial charge in [0.2, 0.25) is 0 Å². The van der Waals surface area contributed by atoms with Crippen molar-refractivity contribution in [2.24, 2.45) is 0 Å². The molecule has 0 unspecified atom stereocenters. The molecule has 0 saturated heterocycles. The zero-order chi connectivity index (χ0) is 19.0. The van der Waals surface area contributed by atoms with E-state index < -0.39 is 7.14 Å². The maximum atomic E-state index is 14.5. The molecule has 0 N–H and O–H groups in total. The number of aryl methyl sites for hydroxylation is 3. The highest BCUT2D eigenvalue weighted by molar-refractivity contribution is 7.85. The van der Waals surface area contributed by atoms with Crippen LogP contribution in [0, 0.1) is 20.8 Å². The average molecular weight is 372 g/mol. The van der Waals surface area contributed by atoms with Crippen LogP contribution in [-0.2, 0) is 4.57 Å². The van der Waals surface area contributed by atoms with Crippen LogP contribution in [0.15, 0.2) is 72.8 Å².